The normalized spacial score (nSPS) is 17.4. The second-order valence-corrected chi connectivity index (χ2v) is 5.38. The molecule has 1 aromatic rings. The number of aliphatic hydroxyl groups is 1. The van der Waals surface area contributed by atoms with E-state index in [2.05, 4.69) is 5.32 Å². The molecule has 0 heterocycles. The first kappa shape index (κ1) is 15.3. The highest BCUT2D eigenvalue weighted by Crippen LogP contribution is 2.35. The van der Waals surface area contributed by atoms with Crippen molar-refractivity contribution in [2.24, 2.45) is 0 Å². The van der Waals surface area contributed by atoms with Gasteiger partial charge in [-0.2, -0.15) is 0 Å². The predicted octanol–water partition coefficient (Wildman–Crippen LogP) is 1.67. The van der Waals surface area contributed by atoms with E-state index in [0.717, 1.165) is 12.0 Å². The van der Waals surface area contributed by atoms with Crippen molar-refractivity contribution in [2.45, 2.75) is 43.9 Å². The molecule has 6 nitrogen and oxygen atoms in total. The zero-order valence-corrected chi connectivity index (χ0v) is 11.6. The third-order valence-corrected chi connectivity index (χ3v) is 3.67. The van der Waals surface area contributed by atoms with Crippen molar-refractivity contribution in [3.05, 3.63) is 35.9 Å². The van der Waals surface area contributed by atoms with Crippen molar-refractivity contribution in [3.8, 4) is 0 Å². The number of carbonyl (C=O) groups excluding carboxylic acids is 1. The van der Waals surface area contributed by atoms with Crippen LogP contribution in [-0.4, -0.2) is 33.9 Å². The summed E-state index contributed by atoms with van der Waals surface area (Å²) in [6.45, 7) is 0.0727. The highest BCUT2D eigenvalue weighted by molar-refractivity contribution is 5.80. The molecule has 1 aliphatic carbocycles. The summed E-state index contributed by atoms with van der Waals surface area (Å²) in [6.07, 6.45) is 1.22. The molecule has 0 aliphatic heterocycles. The molecule has 1 unspecified atom stereocenters. The SMILES string of the molecule is O=C(NC(CC1(O)CCC1)C(=O)O)OCc1ccccc1. The van der Waals surface area contributed by atoms with E-state index in [4.69, 9.17) is 9.84 Å². The van der Waals surface area contributed by atoms with Gasteiger partial charge in [-0.25, -0.2) is 9.59 Å². The van der Waals surface area contributed by atoms with Crippen molar-refractivity contribution in [1.82, 2.24) is 5.32 Å². The summed E-state index contributed by atoms with van der Waals surface area (Å²) in [5.41, 5.74) is -0.160. The van der Waals surface area contributed by atoms with Crippen molar-refractivity contribution in [2.75, 3.05) is 0 Å². The molecule has 21 heavy (non-hydrogen) atoms. The zero-order chi connectivity index (χ0) is 15.3. The van der Waals surface area contributed by atoms with Gasteiger partial charge in [-0.1, -0.05) is 30.3 Å². The third kappa shape index (κ3) is 4.46. The summed E-state index contributed by atoms with van der Waals surface area (Å²) < 4.78 is 4.98. The van der Waals surface area contributed by atoms with Gasteiger partial charge in [0.1, 0.15) is 12.6 Å². The van der Waals surface area contributed by atoms with Crippen LogP contribution < -0.4 is 5.32 Å². The number of amides is 1. The Bertz CT molecular complexity index is 498. The summed E-state index contributed by atoms with van der Waals surface area (Å²) >= 11 is 0. The van der Waals surface area contributed by atoms with Crippen LogP contribution >= 0.6 is 0 Å². The Hall–Kier alpha value is -2.08. The number of carboxylic acid groups (broad SMARTS) is 1. The van der Waals surface area contributed by atoms with Gasteiger partial charge >= 0.3 is 12.1 Å². The van der Waals surface area contributed by atoms with Crippen LogP contribution in [0.3, 0.4) is 0 Å². The summed E-state index contributed by atoms with van der Waals surface area (Å²) in [7, 11) is 0. The number of nitrogens with one attached hydrogen (secondary N) is 1. The quantitative estimate of drug-likeness (QED) is 0.741. The summed E-state index contributed by atoms with van der Waals surface area (Å²) in [5, 5.41) is 21.4. The van der Waals surface area contributed by atoms with Crippen LogP contribution in [-0.2, 0) is 16.1 Å². The third-order valence-electron chi connectivity index (χ3n) is 3.67. The Morgan fingerprint density at radius 1 is 1.29 bits per heavy atom. The fourth-order valence-corrected chi connectivity index (χ4v) is 2.28. The first-order chi connectivity index (χ1) is 9.98. The second kappa shape index (κ2) is 6.58. The molecule has 1 fully saturated rings. The molecule has 0 spiro atoms. The number of hydrogen-bond acceptors (Lipinski definition) is 4. The molecular formula is C15H19NO5. The number of aliphatic carboxylic acids is 1. The fourth-order valence-electron chi connectivity index (χ4n) is 2.28. The van der Waals surface area contributed by atoms with Gasteiger partial charge in [-0.15, -0.1) is 0 Å². The minimum Gasteiger partial charge on any atom is -0.480 e. The van der Waals surface area contributed by atoms with Crippen LogP contribution in [0.4, 0.5) is 4.79 Å². The summed E-state index contributed by atoms with van der Waals surface area (Å²) in [5.74, 6) is -1.17. The van der Waals surface area contributed by atoms with E-state index in [9.17, 15) is 14.7 Å². The van der Waals surface area contributed by atoms with E-state index < -0.39 is 23.7 Å². The Labute approximate surface area is 122 Å². The van der Waals surface area contributed by atoms with Crippen molar-refractivity contribution >= 4 is 12.1 Å². The average molecular weight is 293 g/mol. The molecule has 1 aromatic carbocycles. The molecule has 1 amide bonds. The molecule has 114 valence electrons. The maximum atomic E-state index is 11.6. The number of alkyl carbamates (subject to hydrolysis) is 1. The van der Waals surface area contributed by atoms with Crippen LogP contribution in [0.25, 0.3) is 0 Å². The Kier molecular flexibility index (Phi) is 4.80. The highest BCUT2D eigenvalue weighted by atomic mass is 16.5. The highest BCUT2D eigenvalue weighted by Gasteiger charge is 2.39. The van der Waals surface area contributed by atoms with Crippen LogP contribution in [0.15, 0.2) is 30.3 Å². The minimum absolute atomic E-state index is 0.00275. The summed E-state index contributed by atoms with van der Waals surface area (Å²) in [4.78, 5) is 22.8. The Morgan fingerprint density at radius 2 is 1.95 bits per heavy atom. The largest absolute Gasteiger partial charge is 0.480 e. The molecule has 0 aromatic heterocycles. The average Bonchev–Trinajstić information content (AvgIpc) is 2.43. The predicted molar refractivity (Wildman–Crippen MR) is 74.6 cm³/mol. The second-order valence-electron chi connectivity index (χ2n) is 5.38. The van der Waals surface area contributed by atoms with Crippen LogP contribution in [0, 0.1) is 0 Å². The van der Waals surface area contributed by atoms with Gasteiger partial charge < -0.3 is 20.3 Å². The van der Waals surface area contributed by atoms with Crippen LogP contribution in [0.2, 0.25) is 0 Å². The number of benzene rings is 1. The minimum atomic E-state index is -1.17. The lowest BCUT2D eigenvalue weighted by atomic mass is 9.76. The molecule has 0 saturated heterocycles. The number of ether oxygens (including phenoxy) is 1. The van der Waals surface area contributed by atoms with Crippen LogP contribution in [0.5, 0.6) is 0 Å². The van der Waals surface area contributed by atoms with E-state index in [1.807, 2.05) is 18.2 Å². The van der Waals surface area contributed by atoms with Gasteiger partial charge in [-0.05, 0) is 24.8 Å². The first-order valence-corrected chi connectivity index (χ1v) is 6.91. The number of hydrogen-bond donors (Lipinski definition) is 3. The van der Waals surface area contributed by atoms with E-state index in [-0.39, 0.29) is 13.0 Å². The van der Waals surface area contributed by atoms with Gasteiger partial charge in [0.2, 0.25) is 0 Å². The standard InChI is InChI=1S/C15H19NO5/c17-13(18)12(9-15(20)7-4-8-15)16-14(19)21-10-11-5-2-1-3-6-11/h1-3,5-6,12,20H,4,7-10H2,(H,16,19)(H,17,18). The maximum absolute atomic E-state index is 11.6. The molecule has 6 heteroatoms. The van der Waals surface area contributed by atoms with Crippen molar-refractivity contribution in [1.29, 1.82) is 0 Å². The molecule has 0 radical (unpaired) electrons. The lowest BCUT2D eigenvalue weighted by Gasteiger charge is -2.38. The van der Waals surface area contributed by atoms with E-state index in [1.54, 1.807) is 12.1 Å². The smallest absolute Gasteiger partial charge is 0.408 e. The Morgan fingerprint density at radius 3 is 2.48 bits per heavy atom. The van der Waals surface area contributed by atoms with Gasteiger partial charge in [0.25, 0.3) is 0 Å². The molecule has 1 saturated carbocycles. The van der Waals surface area contributed by atoms with Crippen molar-refractivity contribution in [3.63, 3.8) is 0 Å². The molecule has 1 aliphatic rings. The van der Waals surface area contributed by atoms with Gasteiger partial charge in [-0.3, -0.25) is 0 Å². The van der Waals surface area contributed by atoms with E-state index in [1.165, 1.54) is 0 Å². The monoisotopic (exact) mass is 293 g/mol. The zero-order valence-electron chi connectivity index (χ0n) is 11.6. The van der Waals surface area contributed by atoms with Gasteiger partial charge in [0.05, 0.1) is 5.60 Å². The molecule has 1 atom stereocenters. The maximum Gasteiger partial charge on any atom is 0.408 e. The first-order valence-electron chi connectivity index (χ1n) is 6.91. The molecular weight excluding hydrogens is 274 g/mol. The lowest BCUT2D eigenvalue weighted by Crippen LogP contribution is -2.49. The molecule has 0 bridgehead atoms. The Balaban J connectivity index is 1.82. The van der Waals surface area contributed by atoms with Gasteiger partial charge in [0, 0.05) is 6.42 Å². The van der Waals surface area contributed by atoms with E-state index in [0.29, 0.717) is 12.8 Å². The molecule has 2 rings (SSSR count). The van der Waals surface area contributed by atoms with Crippen LogP contribution in [0.1, 0.15) is 31.2 Å². The summed E-state index contributed by atoms with van der Waals surface area (Å²) in [6, 6.07) is 7.96. The van der Waals surface area contributed by atoms with Gasteiger partial charge in [0.15, 0.2) is 0 Å². The number of rotatable bonds is 6. The number of carbonyl (C=O) groups is 2. The molecule has 3 N–H and O–H groups in total. The van der Waals surface area contributed by atoms with E-state index >= 15 is 0 Å². The fraction of sp³-hybridized carbons (Fsp3) is 0.467. The lowest BCUT2D eigenvalue weighted by molar-refractivity contribution is -0.142. The number of carboxylic acids is 1. The topological polar surface area (TPSA) is 95.9 Å². The van der Waals surface area contributed by atoms with Crippen molar-refractivity contribution < 1.29 is 24.5 Å².